The molecule has 1 unspecified atom stereocenters. The fourth-order valence-electron chi connectivity index (χ4n) is 1.72. The van der Waals surface area contributed by atoms with Gasteiger partial charge in [0.2, 0.25) is 5.95 Å². The second kappa shape index (κ2) is 3.73. The molecule has 0 aromatic carbocycles. The van der Waals surface area contributed by atoms with Gasteiger partial charge in [0.15, 0.2) is 0 Å². The molecule has 1 aromatic heterocycles. The van der Waals surface area contributed by atoms with Crippen molar-refractivity contribution in [2.24, 2.45) is 5.92 Å². The molecule has 1 aliphatic rings. The van der Waals surface area contributed by atoms with Gasteiger partial charge in [-0.3, -0.25) is 0 Å². The summed E-state index contributed by atoms with van der Waals surface area (Å²) in [4.78, 5) is 10.4. The highest BCUT2D eigenvalue weighted by molar-refractivity contribution is 9.10. The van der Waals surface area contributed by atoms with Crippen molar-refractivity contribution in [3.63, 3.8) is 0 Å². The van der Waals surface area contributed by atoms with Gasteiger partial charge in [-0.05, 0) is 28.3 Å². The molecular weight excluding hydrogens is 244 g/mol. The van der Waals surface area contributed by atoms with Crippen molar-refractivity contribution in [2.45, 2.75) is 13.3 Å². The van der Waals surface area contributed by atoms with Gasteiger partial charge in [0.25, 0.3) is 0 Å². The van der Waals surface area contributed by atoms with E-state index in [0.29, 0.717) is 5.95 Å². The molecule has 0 saturated carbocycles. The molecule has 2 rings (SSSR count). The third kappa shape index (κ3) is 1.82. The van der Waals surface area contributed by atoms with Crippen molar-refractivity contribution in [3.8, 4) is 0 Å². The van der Waals surface area contributed by atoms with E-state index >= 15 is 0 Å². The highest BCUT2D eigenvalue weighted by atomic mass is 79.9. The molecule has 1 fully saturated rings. The molecule has 5 heteroatoms. The van der Waals surface area contributed by atoms with Gasteiger partial charge in [0, 0.05) is 19.3 Å². The van der Waals surface area contributed by atoms with Crippen molar-refractivity contribution in [1.29, 1.82) is 0 Å². The van der Waals surface area contributed by atoms with Crippen LogP contribution in [-0.2, 0) is 0 Å². The zero-order chi connectivity index (χ0) is 10.1. The van der Waals surface area contributed by atoms with Crippen molar-refractivity contribution < 1.29 is 0 Å². The second-order valence-corrected chi connectivity index (χ2v) is 4.59. The molecule has 1 aromatic rings. The van der Waals surface area contributed by atoms with Crippen LogP contribution in [0.15, 0.2) is 10.7 Å². The summed E-state index contributed by atoms with van der Waals surface area (Å²) in [6.07, 6.45) is 2.93. The Morgan fingerprint density at radius 3 is 3.07 bits per heavy atom. The van der Waals surface area contributed by atoms with Crippen LogP contribution < -0.4 is 10.6 Å². The third-order valence-corrected chi connectivity index (χ3v) is 3.03. The monoisotopic (exact) mass is 256 g/mol. The van der Waals surface area contributed by atoms with Gasteiger partial charge in [-0.2, -0.15) is 4.98 Å². The van der Waals surface area contributed by atoms with Crippen molar-refractivity contribution >= 4 is 27.7 Å². The van der Waals surface area contributed by atoms with Gasteiger partial charge < -0.3 is 10.6 Å². The van der Waals surface area contributed by atoms with Crippen molar-refractivity contribution in [3.05, 3.63) is 10.7 Å². The molecule has 0 bridgehead atoms. The number of nitrogens with two attached hydrogens (primary N) is 1. The summed E-state index contributed by atoms with van der Waals surface area (Å²) in [6.45, 7) is 4.35. The number of nitrogen functional groups attached to an aromatic ring is 1. The van der Waals surface area contributed by atoms with Crippen molar-refractivity contribution in [1.82, 2.24) is 9.97 Å². The molecular formula is C9H13BrN4. The molecule has 1 aliphatic heterocycles. The summed E-state index contributed by atoms with van der Waals surface area (Å²) in [5.74, 6) is 1.99. The van der Waals surface area contributed by atoms with Gasteiger partial charge in [-0.15, -0.1) is 0 Å². The molecule has 2 heterocycles. The Bertz CT molecular complexity index is 342. The normalized spacial score (nSPS) is 21.6. The summed E-state index contributed by atoms with van der Waals surface area (Å²) < 4.78 is 0.917. The molecule has 4 nitrogen and oxygen atoms in total. The first kappa shape index (κ1) is 9.71. The predicted octanol–water partition coefficient (Wildman–Crippen LogP) is 1.67. The first-order valence-corrected chi connectivity index (χ1v) is 5.49. The lowest BCUT2D eigenvalue weighted by Crippen LogP contribution is -2.21. The first-order chi connectivity index (χ1) is 6.66. The van der Waals surface area contributed by atoms with Crippen LogP contribution in [0.3, 0.4) is 0 Å². The lowest BCUT2D eigenvalue weighted by Gasteiger charge is -2.18. The first-order valence-electron chi connectivity index (χ1n) is 4.70. The van der Waals surface area contributed by atoms with Crippen LogP contribution in [0.5, 0.6) is 0 Å². The van der Waals surface area contributed by atoms with E-state index in [1.54, 1.807) is 6.20 Å². The minimum Gasteiger partial charge on any atom is -0.368 e. The molecule has 0 radical (unpaired) electrons. The lowest BCUT2D eigenvalue weighted by molar-refractivity contribution is 0.658. The van der Waals surface area contributed by atoms with Gasteiger partial charge >= 0.3 is 0 Å². The average molecular weight is 257 g/mol. The minimum atomic E-state index is 0.336. The SMILES string of the molecule is CC1CCN(c2nc(N)ncc2Br)C1. The Balaban J connectivity index is 2.27. The van der Waals surface area contributed by atoms with Gasteiger partial charge in [-0.1, -0.05) is 6.92 Å². The van der Waals surface area contributed by atoms with Gasteiger partial charge in [0.1, 0.15) is 5.82 Å². The van der Waals surface area contributed by atoms with Crippen LogP contribution in [0.1, 0.15) is 13.3 Å². The maximum absolute atomic E-state index is 5.56. The summed E-state index contributed by atoms with van der Waals surface area (Å²) >= 11 is 3.44. The number of anilines is 2. The highest BCUT2D eigenvalue weighted by Crippen LogP contribution is 2.28. The van der Waals surface area contributed by atoms with Crippen LogP contribution in [0, 0.1) is 5.92 Å². The molecule has 1 saturated heterocycles. The molecule has 14 heavy (non-hydrogen) atoms. The van der Waals surface area contributed by atoms with Crippen LogP contribution in [-0.4, -0.2) is 23.1 Å². The van der Waals surface area contributed by atoms with Crippen molar-refractivity contribution in [2.75, 3.05) is 23.7 Å². The van der Waals surface area contributed by atoms with E-state index in [1.807, 2.05) is 0 Å². The summed E-state index contributed by atoms with van der Waals surface area (Å²) in [7, 11) is 0. The number of hydrogen-bond acceptors (Lipinski definition) is 4. The zero-order valence-corrected chi connectivity index (χ0v) is 9.66. The Hall–Kier alpha value is -0.840. The maximum Gasteiger partial charge on any atom is 0.222 e. The third-order valence-electron chi connectivity index (χ3n) is 2.47. The van der Waals surface area contributed by atoms with E-state index in [-0.39, 0.29) is 0 Å². The molecule has 2 N–H and O–H groups in total. The van der Waals surface area contributed by atoms with Gasteiger partial charge in [-0.25, -0.2) is 4.98 Å². The Morgan fingerprint density at radius 2 is 2.43 bits per heavy atom. The molecule has 1 atom stereocenters. The number of halogens is 1. The maximum atomic E-state index is 5.56. The summed E-state index contributed by atoms with van der Waals surface area (Å²) in [5, 5.41) is 0. The smallest absolute Gasteiger partial charge is 0.222 e. The quantitative estimate of drug-likeness (QED) is 0.831. The lowest BCUT2D eigenvalue weighted by atomic mass is 10.2. The van der Waals surface area contributed by atoms with Gasteiger partial charge in [0.05, 0.1) is 4.47 Å². The van der Waals surface area contributed by atoms with E-state index in [9.17, 15) is 0 Å². The molecule has 0 amide bonds. The highest BCUT2D eigenvalue weighted by Gasteiger charge is 2.21. The minimum absolute atomic E-state index is 0.336. The van der Waals surface area contributed by atoms with Crippen LogP contribution in [0.4, 0.5) is 11.8 Å². The average Bonchev–Trinajstić information content (AvgIpc) is 2.56. The van der Waals surface area contributed by atoms with E-state index < -0.39 is 0 Å². The van der Waals surface area contributed by atoms with Crippen LogP contribution in [0.25, 0.3) is 0 Å². The number of nitrogens with zero attached hydrogens (tertiary/aromatic N) is 3. The van der Waals surface area contributed by atoms with E-state index in [1.165, 1.54) is 6.42 Å². The summed E-state index contributed by atoms with van der Waals surface area (Å²) in [6, 6.07) is 0. The predicted molar refractivity (Wildman–Crippen MR) is 60.1 cm³/mol. The standard InChI is InChI=1S/C9H13BrN4/c1-6-2-3-14(5-6)8-7(10)4-12-9(11)13-8/h4,6H,2-3,5H2,1H3,(H2,11,12,13). The van der Waals surface area contributed by atoms with E-state index in [0.717, 1.165) is 29.3 Å². The molecule has 0 aliphatic carbocycles. The fraction of sp³-hybridized carbons (Fsp3) is 0.556. The largest absolute Gasteiger partial charge is 0.368 e. The number of hydrogen-bond donors (Lipinski definition) is 1. The molecule has 76 valence electrons. The van der Waals surface area contributed by atoms with Crippen LogP contribution in [0.2, 0.25) is 0 Å². The zero-order valence-electron chi connectivity index (χ0n) is 8.07. The topological polar surface area (TPSA) is 55.0 Å². The Morgan fingerprint density at radius 1 is 1.64 bits per heavy atom. The second-order valence-electron chi connectivity index (χ2n) is 3.74. The van der Waals surface area contributed by atoms with E-state index in [2.05, 4.69) is 37.7 Å². The Kier molecular flexibility index (Phi) is 2.58. The van der Waals surface area contributed by atoms with Crippen LogP contribution >= 0.6 is 15.9 Å². The summed E-state index contributed by atoms with van der Waals surface area (Å²) in [5.41, 5.74) is 5.56. The number of aromatic nitrogens is 2. The fourth-order valence-corrected chi connectivity index (χ4v) is 2.16. The van der Waals surface area contributed by atoms with E-state index in [4.69, 9.17) is 5.73 Å². The number of rotatable bonds is 1. The molecule has 0 spiro atoms. The Labute approximate surface area is 91.7 Å².